The second kappa shape index (κ2) is 8.02. The molecule has 0 radical (unpaired) electrons. The Kier molecular flexibility index (Phi) is 6.34. The van der Waals surface area contributed by atoms with E-state index in [9.17, 15) is 0 Å². The third-order valence-corrected chi connectivity index (χ3v) is 5.69. The van der Waals surface area contributed by atoms with Crippen molar-refractivity contribution in [2.45, 2.75) is 37.0 Å². The highest BCUT2D eigenvalue weighted by Crippen LogP contribution is 2.35. The Labute approximate surface area is 140 Å². The second-order valence-electron chi connectivity index (χ2n) is 5.20. The van der Waals surface area contributed by atoms with Gasteiger partial charge in [-0.2, -0.15) is 0 Å². The number of hydrogen-bond acceptors (Lipinski definition) is 2. The summed E-state index contributed by atoms with van der Waals surface area (Å²) in [6.45, 7) is 7.55. The maximum Gasteiger partial charge on any atom is 0.0441 e. The first-order valence-corrected chi connectivity index (χ1v) is 9.00. The molecular weight excluding hydrogens is 342 g/mol. The van der Waals surface area contributed by atoms with Gasteiger partial charge >= 0.3 is 0 Å². The first kappa shape index (κ1) is 16.6. The zero-order valence-corrected chi connectivity index (χ0v) is 15.2. The average Bonchev–Trinajstić information content (AvgIpc) is 2.48. The first-order valence-electron chi connectivity index (χ1n) is 7.33. The lowest BCUT2D eigenvalue weighted by Crippen LogP contribution is -2.28. The molecule has 21 heavy (non-hydrogen) atoms. The van der Waals surface area contributed by atoms with Crippen LogP contribution in [0.2, 0.25) is 0 Å². The van der Waals surface area contributed by atoms with Crippen LogP contribution in [0.3, 0.4) is 0 Å². The van der Waals surface area contributed by atoms with Crippen molar-refractivity contribution in [3.8, 4) is 0 Å². The van der Waals surface area contributed by atoms with Gasteiger partial charge in [0.05, 0.1) is 0 Å². The predicted octanol–water partition coefficient (Wildman–Crippen LogP) is 5.59. The van der Waals surface area contributed by atoms with Gasteiger partial charge in [-0.15, -0.1) is 11.8 Å². The van der Waals surface area contributed by atoms with Crippen molar-refractivity contribution >= 4 is 27.7 Å². The Morgan fingerprint density at radius 1 is 1.10 bits per heavy atom. The Balaban J connectivity index is 2.17. The Morgan fingerprint density at radius 2 is 1.76 bits per heavy atom. The molecule has 3 heteroatoms. The molecule has 2 aromatic carbocycles. The molecule has 2 unspecified atom stereocenters. The van der Waals surface area contributed by atoms with E-state index in [1.165, 1.54) is 20.5 Å². The highest BCUT2D eigenvalue weighted by atomic mass is 79.9. The molecule has 0 bridgehead atoms. The van der Waals surface area contributed by atoms with Crippen LogP contribution in [0, 0.1) is 6.92 Å². The summed E-state index contributed by atoms with van der Waals surface area (Å²) in [6.07, 6.45) is 0. The van der Waals surface area contributed by atoms with E-state index in [1.807, 2.05) is 11.8 Å². The quantitative estimate of drug-likeness (QED) is 0.671. The molecule has 0 fully saturated rings. The molecule has 0 amide bonds. The molecule has 0 heterocycles. The second-order valence-corrected chi connectivity index (χ2v) is 7.47. The molecule has 112 valence electrons. The van der Waals surface area contributed by atoms with E-state index in [4.69, 9.17) is 0 Å². The van der Waals surface area contributed by atoms with Crippen molar-refractivity contribution in [3.63, 3.8) is 0 Å². The van der Waals surface area contributed by atoms with E-state index in [0.29, 0.717) is 11.3 Å². The van der Waals surface area contributed by atoms with Crippen molar-refractivity contribution in [2.75, 3.05) is 6.54 Å². The van der Waals surface area contributed by atoms with Crippen LogP contribution in [0.25, 0.3) is 0 Å². The van der Waals surface area contributed by atoms with Crippen LogP contribution in [0.1, 0.15) is 31.0 Å². The Morgan fingerprint density at radius 3 is 2.38 bits per heavy atom. The topological polar surface area (TPSA) is 12.0 Å². The fourth-order valence-corrected chi connectivity index (χ4v) is 4.05. The van der Waals surface area contributed by atoms with Gasteiger partial charge in [-0.05, 0) is 47.1 Å². The summed E-state index contributed by atoms with van der Waals surface area (Å²) in [5.41, 5.74) is 2.66. The molecule has 0 saturated carbocycles. The van der Waals surface area contributed by atoms with Gasteiger partial charge in [0.2, 0.25) is 0 Å². The number of hydrogen-bond donors (Lipinski definition) is 1. The van der Waals surface area contributed by atoms with Gasteiger partial charge in [0, 0.05) is 20.7 Å². The molecule has 2 atom stereocenters. The van der Waals surface area contributed by atoms with Crippen LogP contribution in [0.4, 0.5) is 0 Å². The normalized spacial score (nSPS) is 13.9. The molecule has 0 aliphatic carbocycles. The highest BCUT2D eigenvalue weighted by Gasteiger charge is 2.20. The summed E-state index contributed by atoms with van der Waals surface area (Å²) < 4.78 is 1.17. The molecule has 1 N–H and O–H groups in total. The maximum absolute atomic E-state index is 3.64. The number of thioether (sulfide) groups is 1. The standard InChI is InChI=1S/C18H22BrNS/c1-4-20-18(15-11-9-13(2)10-12-15)14(3)21-17-8-6-5-7-16(17)19/h5-12,14,18,20H,4H2,1-3H3. The lowest BCUT2D eigenvalue weighted by atomic mass is 10.0. The van der Waals surface area contributed by atoms with Gasteiger partial charge < -0.3 is 5.32 Å². The number of aryl methyl sites for hydroxylation is 1. The van der Waals surface area contributed by atoms with E-state index in [1.54, 1.807) is 0 Å². The van der Waals surface area contributed by atoms with E-state index in [0.717, 1.165) is 6.54 Å². The van der Waals surface area contributed by atoms with Crippen LogP contribution in [-0.4, -0.2) is 11.8 Å². The van der Waals surface area contributed by atoms with Gasteiger partial charge in [-0.1, -0.05) is 55.8 Å². The van der Waals surface area contributed by atoms with Crippen molar-refractivity contribution in [1.29, 1.82) is 0 Å². The van der Waals surface area contributed by atoms with Gasteiger partial charge in [-0.3, -0.25) is 0 Å². The summed E-state index contributed by atoms with van der Waals surface area (Å²) in [5.74, 6) is 0. The molecule has 1 nitrogen and oxygen atoms in total. The summed E-state index contributed by atoms with van der Waals surface area (Å²) in [6, 6.07) is 17.6. The first-order chi connectivity index (χ1) is 10.1. The highest BCUT2D eigenvalue weighted by molar-refractivity contribution is 9.10. The fraction of sp³-hybridized carbons (Fsp3) is 0.333. The maximum atomic E-state index is 3.64. The SMILES string of the molecule is CCNC(c1ccc(C)cc1)C(C)Sc1ccccc1Br. The van der Waals surface area contributed by atoms with E-state index >= 15 is 0 Å². The monoisotopic (exact) mass is 363 g/mol. The molecule has 2 rings (SSSR count). The van der Waals surface area contributed by atoms with Gasteiger partial charge in [0.25, 0.3) is 0 Å². The minimum atomic E-state index is 0.354. The number of rotatable bonds is 6. The third kappa shape index (κ3) is 4.60. The number of benzene rings is 2. The van der Waals surface area contributed by atoms with Gasteiger partial charge in [0.1, 0.15) is 0 Å². The molecule has 0 aromatic heterocycles. The molecule has 0 aliphatic heterocycles. The summed E-state index contributed by atoms with van der Waals surface area (Å²) in [7, 11) is 0. The summed E-state index contributed by atoms with van der Waals surface area (Å²) in [4.78, 5) is 1.29. The van der Waals surface area contributed by atoms with Gasteiger partial charge in [-0.25, -0.2) is 0 Å². The van der Waals surface area contributed by atoms with Crippen molar-refractivity contribution in [2.24, 2.45) is 0 Å². The summed E-state index contributed by atoms with van der Waals surface area (Å²) >= 11 is 5.55. The fourth-order valence-electron chi connectivity index (χ4n) is 2.36. The minimum Gasteiger partial charge on any atom is -0.309 e. The molecular formula is C18H22BrNS. The van der Waals surface area contributed by atoms with Gasteiger partial charge in [0.15, 0.2) is 0 Å². The average molecular weight is 364 g/mol. The van der Waals surface area contributed by atoms with Crippen LogP contribution < -0.4 is 5.32 Å². The zero-order chi connectivity index (χ0) is 15.2. The smallest absolute Gasteiger partial charge is 0.0441 e. The van der Waals surface area contributed by atoms with Crippen LogP contribution in [0.5, 0.6) is 0 Å². The Bertz CT molecular complexity index is 568. The predicted molar refractivity (Wildman–Crippen MR) is 97.1 cm³/mol. The van der Waals surface area contributed by atoms with Crippen molar-refractivity contribution < 1.29 is 0 Å². The summed E-state index contributed by atoms with van der Waals surface area (Å²) in [5, 5.41) is 4.07. The minimum absolute atomic E-state index is 0.354. The third-order valence-electron chi connectivity index (χ3n) is 3.48. The van der Waals surface area contributed by atoms with E-state index in [2.05, 4.69) is 90.5 Å². The number of nitrogens with one attached hydrogen (secondary N) is 1. The zero-order valence-electron chi connectivity index (χ0n) is 12.8. The van der Waals surface area contributed by atoms with E-state index < -0.39 is 0 Å². The van der Waals surface area contributed by atoms with Crippen molar-refractivity contribution in [3.05, 3.63) is 64.1 Å². The van der Waals surface area contributed by atoms with Crippen LogP contribution >= 0.6 is 27.7 Å². The number of halogens is 1. The lowest BCUT2D eigenvalue weighted by molar-refractivity contribution is 0.548. The van der Waals surface area contributed by atoms with Crippen LogP contribution in [-0.2, 0) is 0 Å². The molecule has 0 saturated heterocycles. The lowest BCUT2D eigenvalue weighted by Gasteiger charge is -2.25. The molecule has 0 aliphatic rings. The van der Waals surface area contributed by atoms with E-state index in [-0.39, 0.29) is 0 Å². The largest absolute Gasteiger partial charge is 0.309 e. The Hall–Kier alpha value is -0.770. The van der Waals surface area contributed by atoms with Crippen LogP contribution in [0.15, 0.2) is 57.9 Å². The molecule has 2 aromatic rings. The van der Waals surface area contributed by atoms with Crippen molar-refractivity contribution in [1.82, 2.24) is 5.32 Å². The molecule has 0 spiro atoms.